The molecule has 0 unspecified atom stereocenters. The Morgan fingerprint density at radius 2 is 2.06 bits per heavy atom. The normalized spacial score (nSPS) is 16.2. The molecule has 1 aliphatic heterocycles. The van der Waals surface area contributed by atoms with Crippen molar-refractivity contribution in [1.29, 1.82) is 0 Å². The van der Waals surface area contributed by atoms with Crippen molar-refractivity contribution in [3.63, 3.8) is 0 Å². The SMILES string of the molecule is CC(C)CN1C(=O)CSCc2ccccc21. The highest BCUT2D eigenvalue weighted by molar-refractivity contribution is 7.99. The minimum absolute atomic E-state index is 0.239. The van der Waals surface area contributed by atoms with Gasteiger partial charge in [0.25, 0.3) is 0 Å². The maximum atomic E-state index is 12.0. The summed E-state index contributed by atoms with van der Waals surface area (Å²) in [5, 5.41) is 0. The molecule has 0 spiro atoms. The number of benzene rings is 1. The van der Waals surface area contributed by atoms with Gasteiger partial charge in [-0.2, -0.15) is 0 Å². The summed E-state index contributed by atoms with van der Waals surface area (Å²) in [6.45, 7) is 5.11. The molecule has 1 heterocycles. The number of amides is 1. The van der Waals surface area contributed by atoms with Gasteiger partial charge in [-0.25, -0.2) is 0 Å². The molecule has 0 N–H and O–H groups in total. The Morgan fingerprint density at radius 1 is 1.31 bits per heavy atom. The molecule has 3 heteroatoms. The standard InChI is InChI=1S/C13H17NOS/c1-10(2)7-14-12-6-4-3-5-11(12)8-16-9-13(14)15/h3-6,10H,7-9H2,1-2H3. The number of hydrogen-bond donors (Lipinski definition) is 0. The molecule has 0 atom stereocenters. The summed E-state index contributed by atoms with van der Waals surface area (Å²) < 4.78 is 0. The summed E-state index contributed by atoms with van der Waals surface area (Å²) in [5.74, 6) is 2.28. The van der Waals surface area contributed by atoms with E-state index in [2.05, 4.69) is 26.0 Å². The van der Waals surface area contributed by atoms with Crippen molar-refractivity contribution < 1.29 is 4.79 Å². The van der Waals surface area contributed by atoms with Crippen LogP contribution in [0.2, 0.25) is 0 Å². The lowest BCUT2D eigenvalue weighted by molar-refractivity contribution is -0.116. The lowest BCUT2D eigenvalue weighted by atomic mass is 10.1. The van der Waals surface area contributed by atoms with Gasteiger partial charge in [-0.1, -0.05) is 32.0 Å². The average Bonchev–Trinajstić information content (AvgIpc) is 2.40. The molecular weight excluding hydrogens is 218 g/mol. The number of rotatable bonds is 2. The van der Waals surface area contributed by atoms with Crippen molar-refractivity contribution in [1.82, 2.24) is 0 Å². The van der Waals surface area contributed by atoms with Crippen LogP contribution >= 0.6 is 11.8 Å². The fourth-order valence-corrected chi connectivity index (χ4v) is 2.82. The number of hydrogen-bond acceptors (Lipinski definition) is 2. The summed E-state index contributed by atoms with van der Waals surface area (Å²) in [5.41, 5.74) is 2.38. The van der Waals surface area contributed by atoms with Crippen LogP contribution in [0.3, 0.4) is 0 Å². The molecule has 86 valence electrons. The van der Waals surface area contributed by atoms with Crippen LogP contribution in [0.4, 0.5) is 5.69 Å². The van der Waals surface area contributed by atoms with Gasteiger partial charge in [0, 0.05) is 18.0 Å². The molecule has 0 aliphatic carbocycles. The molecule has 2 rings (SSSR count). The molecule has 1 amide bonds. The summed E-state index contributed by atoms with van der Waals surface area (Å²) in [4.78, 5) is 14.0. The van der Waals surface area contributed by atoms with E-state index in [1.54, 1.807) is 11.8 Å². The molecule has 0 fully saturated rings. The third kappa shape index (κ3) is 2.40. The minimum atomic E-state index is 0.239. The first-order chi connectivity index (χ1) is 7.68. The molecule has 0 bridgehead atoms. The third-order valence-corrected chi connectivity index (χ3v) is 3.58. The number of fused-ring (bicyclic) bond motifs is 1. The van der Waals surface area contributed by atoms with Crippen LogP contribution in [0.25, 0.3) is 0 Å². The van der Waals surface area contributed by atoms with E-state index >= 15 is 0 Å². The fraction of sp³-hybridized carbons (Fsp3) is 0.462. The van der Waals surface area contributed by atoms with E-state index in [-0.39, 0.29) is 5.91 Å². The number of anilines is 1. The van der Waals surface area contributed by atoms with Gasteiger partial charge in [0.05, 0.1) is 5.75 Å². The average molecular weight is 235 g/mol. The lowest BCUT2D eigenvalue weighted by Crippen LogP contribution is -2.35. The summed E-state index contributed by atoms with van der Waals surface area (Å²) in [6.07, 6.45) is 0. The van der Waals surface area contributed by atoms with Gasteiger partial charge < -0.3 is 4.90 Å². The summed E-state index contributed by atoms with van der Waals surface area (Å²) in [6, 6.07) is 8.23. The Hall–Kier alpha value is -0.960. The molecule has 1 aliphatic rings. The predicted molar refractivity (Wildman–Crippen MR) is 69.8 cm³/mol. The molecular formula is C13H17NOS. The van der Waals surface area contributed by atoms with Crippen LogP contribution in [0.15, 0.2) is 24.3 Å². The van der Waals surface area contributed by atoms with E-state index in [1.165, 1.54) is 5.56 Å². The van der Waals surface area contributed by atoms with E-state index in [0.717, 1.165) is 18.0 Å². The van der Waals surface area contributed by atoms with Crippen molar-refractivity contribution in [2.45, 2.75) is 19.6 Å². The smallest absolute Gasteiger partial charge is 0.237 e. The topological polar surface area (TPSA) is 20.3 Å². The zero-order valence-corrected chi connectivity index (χ0v) is 10.6. The van der Waals surface area contributed by atoms with Crippen LogP contribution in [-0.2, 0) is 10.5 Å². The molecule has 1 aromatic carbocycles. The van der Waals surface area contributed by atoms with Crippen molar-refractivity contribution in [2.75, 3.05) is 17.2 Å². The van der Waals surface area contributed by atoms with E-state index in [4.69, 9.17) is 0 Å². The quantitative estimate of drug-likeness (QED) is 0.785. The molecule has 0 radical (unpaired) electrons. The minimum Gasteiger partial charge on any atom is -0.311 e. The van der Waals surface area contributed by atoms with Crippen LogP contribution < -0.4 is 4.90 Å². The molecule has 2 nitrogen and oxygen atoms in total. The van der Waals surface area contributed by atoms with Gasteiger partial charge in [-0.05, 0) is 17.5 Å². The Bertz CT molecular complexity index is 389. The van der Waals surface area contributed by atoms with E-state index in [0.29, 0.717) is 11.7 Å². The second kappa shape index (κ2) is 4.91. The van der Waals surface area contributed by atoms with E-state index in [1.807, 2.05) is 17.0 Å². The molecule has 0 saturated heterocycles. The molecule has 16 heavy (non-hydrogen) atoms. The molecule has 0 saturated carbocycles. The first-order valence-corrected chi connectivity index (χ1v) is 6.80. The van der Waals surface area contributed by atoms with Crippen LogP contribution in [0.5, 0.6) is 0 Å². The largest absolute Gasteiger partial charge is 0.311 e. The maximum absolute atomic E-state index is 12.0. The van der Waals surface area contributed by atoms with E-state index in [9.17, 15) is 4.79 Å². The Kier molecular flexibility index (Phi) is 3.54. The Labute approximate surface area is 101 Å². The van der Waals surface area contributed by atoms with Crippen molar-refractivity contribution >= 4 is 23.4 Å². The van der Waals surface area contributed by atoms with Gasteiger partial charge in [-0.15, -0.1) is 11.8 Å². The maximum Gasteiger partial charge on any atom is 0.237 e. The number of carbonyl (C=O) groups excluding carboxylic acids is 1. The Morgan fingerprint density at radius 3 is 2.81 bits per heavy atom. The third-order valence-electron chi connectivity index (χ3n) is 2.61. The second-order valence-corrected chi connectivity index (χ2v) is 5.51. The summed E-state index contributed by atoms with van der Waals surface area (Å²) in [7, 11) is 0. The van der Waals surface area contributed by atoms with Crippen LogP contribution in [0, 0.1) is 5.92 Å². The zero-order chi connectivity index (χ0) is 11.5. The first kappa shape index (κ1) is 11.5. The van der Waals surface area contributed by atoms with Crippen LogP contribution in [-0.4, -0.2) is 18.2 Å². The monoisotopic (exact) mass is 235 g/mol. The number of carbonyl (C=O) groups is 1. The van der Waals surface area contributed by atoms with Gasteiger partial charge in [0.1, 0.15) is 0 Å². The number of para-hydroxylation sites is 1. The van der Waals surface area contributed by atoms with Crippen LogP contribution in [0.1, 0.15) is 19.4 Å². The predicted octanol–water partition coefficient (Wildman–Crippen LogP) is 2.92. The van der Waals surface area contributed by atoms with Gasteiger partial charge in [-0.3, -0.25) is 4.79 Å². The van der Waals surface area contributed by atoms with Gasteiger partial charge in [0.15, 0.2) is 0 Å². The molecule has 1 aromatic rings. The highest BCUT2D eigenvalue weighted by Crippen LogP contribution is 2.29. The van der Waals surface area contributed by atoms with Crippen molar-refractivity contribution in [3.8, 4) is 0 Å². The highest BCUT2D eigenvalue weighted by Gasteiger charge is 2.22. The first-order valence-electron chi connectivity index (χ1n) is 5.64. The molecule has 0 aromatic heterocycles. The number of thioether (sulfide) groups is 1. The number of nitrogens with zero attached hydrogens (tertiary/aromatic N) is 1. The van der Waals surface area contributed by atoms with Crippen molar-refractivity contribution in [3.05, 3.63) is 29.8 Å². The van der Waals surface area contributed by atoms with Gasteiger partial charge >= 0.3 is 0 Å². The van der Waals surface area contributed by atoms with Gasteiger partial charge in [0.2, 0.25) is 5.91 Å². The van der Waals surface area contributed by atoms with Crippen molar-refractivity contribution in [2.24, 2.45) is 5.92 Å². The second-order valence-electron chi connectivity index (χ2n) is 4.52. The Balaban J connectivity index is 2.36. The zero-order valence-electron chi connectivity index (χ0n) is 9.77. The summed E-state index contributed by atoms with van der Waals surface area (Å²) >= 11 is 1.71. The fourth-order valence-electron chi connectivity index (χ4n) is 1.92. The lowest BCUT2D eigenvalue weighted by Gasteiger charge is -2.24. The van der Waals surface area contributed by atoms with E-state index < -0.39 is 0 Å². The highest BCUT2D eigenvalue weighted by atomic mass is 32.2.